The lowest BCUT2D eigenvalue weighted by atomic mass is 9.97. The monoisotopic (exact) mass is 226 g/mol. The van der Waals surface area contributed by atoms with Crippen LogP contribution in [0.4, 0.5) is 0 Å². The molecule has 1 N–H and O–H groups in total. The molecule has 0 spiro atoms. The third kappa shape index (κ3) is 2.27. The number of ether oxygens (including phenoxy) is 1. The minimum atomic E-state index is -0.441. The summed E-state index contributed by atoms with van der Waals surface area (Å²) in [7, 11) is 0. The smallest absolute Gasteiger partial charge is 0.125 e. The zero-order valence-corrected chi connectivity index (χ0v) is 9.50. The van der Waals surface area contributed by atoms with Gasteiger partial charge in [0.2, 0.25) is 0 Å². The van der Waals surface area contributed by atoms with Crippen LogP contribution in [0.25, 0.3) is 0 Å². The van der Waals surface area contributed by atoms with Crippen LogP contribution in [0.2, 0.25) is 5.02 Å². The van der Waals surface area contributed by atoms with Gasteiger partial charge in [-0.3, -0.25) is 0 Å². The van der Waals surface area contributed by atoms with Crippen LogP contribution in [0, 0.1) is 0 Å². The highest BCUT2D eigenvalue weighted by atomic mass is 35.5. The Hall–Kier alpha value is -0.730. The average molecular weight is 227 g/mol. The summed E-state index contributed by atoms with van der Waals surface area (Å²) in [5.41, 5.74) is 0.815. The Morgan fingerprint density at radius 3 is 3.07 bits per heavy atom. The van der Waals surface area contributed by atoms with Crippen molar-refractivity contribution < 1.29 is 9.84 Å². The third-order valence-electron chi connectivity index (χ3n) is 2.72. The van der Waals surface area contributed by atoms with E-state index < -0.39 is 6.10 Å². The molecule has 0 fully saturated rings. The van der Waals surface area contributed by atoms with Crippen molar-refractivity contribution in [3.05, 3.63) is 28.8 Å². The fraction of sp³-hybridized carbons (Fsp3) is 0.500. The molecular formula is C12H15ClO2. The summed E-state index contributed by atoms with van der Waals surface area (Å²) in [6, 6.07) is 5.41. The zero-order chi connectivity index (χ0) is 10.8. The van der Waals surface area contributed by atoms with Gasteiger partial charge in [-0.05, 0) is 24.6 Å². The molecule has 0 saturated heterocycles. The Kier molecular flexibility index (Phi) is 3.17. The minimum Gasteiger partial charge on any atom is -0.490 e. The Morgan fingerprint density at radius 2 is 2.33 bits per heavy atom. The van der Waals surface area contributed by atoms with Crippen molar-refractivity contribution >= 4 is 11.6 Å². The number of halogens is 1. The average Bonchev–Trinajstić information content (AvgIpc) is 2.20. The second-order valence-electron chi connectivity index (χ2n) is 3.96. The van der Waals surface area contributed by atoms with Crippen molar-refractivity contribution in [2.45, 2.75) is 38.4 Å². The summed E-state index contributed by atoms with van der Waals surface area (Å²) >= 11 is 5.87. The van der Waals surface area contributed by atoms with E-state index in [1.807, 2.05) is 6.07 Å². The summed E-state index contributed by atoms with van der Waals surface area (Å²) in [5, 5.41) is 10.6. The van der Waals surface area contributed by atoms with Gasteiger partial charge in [-0.15, -0.1) is 0 Å². The molecule has 82 valence electrons. The van der Waals surface area contributed by atoms with E-state index in [4.69, 9.17) is 16.3 Å². The minimum absolute atomic E-state index is 0.138. The zero-order valence-electron chi connectivity index (χ0n) is 8.74. The van der Waals surface area contributed by atoms with Crippen LogP contribution < -0.4 is 4.74 Å². The molecule has 1 aliphatic rings. The lowest BCUT2D eigenvalue weighted by molar-refractivity contribution is 0.0615. The van der Waals surface area contributed by atoms with Gasteiger partial charge in [0, 0.05) is 17.0 Å². The third-order valence-corrected chi connectivity index (χ3v) is 2.96. The van der Waals surface area contributed by atoms with Crippen LogP contribution in [-0.4, -0.2) is 11.2 Å². The Morgan fingerprint density at radius 1 is 1.53 bits per heavy atom. The highest BCUT2D eigenvalue weighted by Gasteiger charge is 2.26. The van der Waals surface area contributed by atoms with E-state index in [2.05, 4.69) is 6.92 Å². The molecule has 15 heavy (non-hydrogen) atoms. The lowest BCUT2D eigenvalue weighted by Crippen LogP contribution is -2.25. The Bertz CT molecular complexity index is 351. The lowest BCUT2D eigenvalue weighted by Gasteiger charge is -2.29. The molecule has 2 unspecified atom stereocenters. The fourth-order valence-corrected chi connectivity index (χ4v) is 2.17. The van der Waals surface area contributed by atoms with Crippen LogP contribution in [0.5, 0.6) is 5.75 Å². The molecule has 1 aromatic carbocycles. The van der Waals surface area contributed by atoms with Crippen LogP contribution >= 0.6 is 11.6 Å². The van der Waals surface area contributed by atoms with Crippen LogP contribution in [-0.2, 0) is 0 Å². The summed E-state index contributed by atoms with van der Waals surface area (Å²) in [6.45, 7) is 2.12. The van der Waals surface area contributed by atoms with Crippen molar-refractivity contribution in [2.75, 3.05) is 0 Å². The number of aliphatic hydroxyl groups excluding tert-OH is 1. The number of hydrogen-bond acceptors (Lipinski definition) is 2. The first-order chi connectivity index (χ1) is 7.20. The van der Waals surface area contributed by atoms with Crippen LogP contribution in [0.15, 0.2) is 18.2 Å². The predicted molar refractivity (Wildman–Crippen MR) is 60.4 cm³/mol. The quantitative estimate of drug-likeness (QED) is 0.838. The van der Waals surface area contributed by atoms with E-state index in [0.717, 1.165) is 24.2 Å². The molecular weight excluding hydrogens is 212 g/mol. The SMILES string of the molecule is CCCC1CC(O)c2cc(Cl)ccc2O1. The van der Waals surface area contributed by atoms with E-state index in [1.165, 1.54) is 0 Å². The number of benzene rings is 1. The van der Waals surface area contributed by atoms with Gasteiger partial charge in [0.1, 0.15) is 11.9 Å². The van der Waals surface area contributed by atoms with Gasteiger partial charge in [0.25, 0.3) is 0 Å². The van der Waals surface area contributed by atoms with Gasteiger partial charge < -0.3 is 9.84 Å². The Balaban J connectivity index is 2.24. The molecule has 3 heteroatoms. The summed E-state index contributed by atoms with van der Waals surface area (Å²) in [6.07, 6.45) is 2.42. The maximum Gasteiger partial charge on any atom is 0.125 e. The second kappa shape index (κ2) is 4.42. The number of hydrogen-bond donors (Lipinski definition) is 1. The van der Waals surface area contributed by atoms with E-state index in [9.17, 15) is 5.11 Å². The molecule has 2 rings (SSSR count). The first kappa shape index (κ1) is 10.8. The van der Waals surface area contributed by atoms with Crippen molar-refractivity contribution in [3.8, 4) is 5.75 Å². The van der Waals surface area contributed by atoms with E-state index in [1.54, 1.807) is 12.1 Å². The van der Waals surface area contributed by atoms with Crippen LogP contribution in [0.3, 0.4) is 0 Å². The first-order valence-electron chi connectivity index (χ1n) is 5.35. The maximum absolute atomic E-state index is 9.94. The Labute approximate surface area is 94.8 Å². The van der Waals surface area contributed by atoms with Gasteiger partial charge in [-0.2, -0.15) is 0 Å². The van der Waals surface area contributed by atoms with Crippen molar-refractivity contribution in [3.63, 3.8) is 0 Å². The number of aliphatic hydroxyl groups is 1. The highest BCUT2D eigenvalue weighted by molar-refractivity contribution is 6.30. The summed E-state index contributed by atoms with van der Waals surface area (Å²) in [4.78, 5) is 0. The molecule has 0 radical (unpaired) electrons. The highest BCUT2D eigenvalue weighted by Crippen LogP contribution is 2.37. The standard InChI is InChI=1S/C12H15ClO2/c1-2-3-9-7-11(14)10-6-8(13)4-5-12(10)15-9/h4-6,9,11,14H,2-3,7H2,1H3. The van der Waals surface area contributed by atoms with Crippen LogP contribution in [0.1, 0.15) is 37.9 Å². The van der Waals surface area contributed by atoms with Gasteiger partial charge >= 0.3 is 0 Å². The normalized spacial score (nSPS) is 24.5. The van der Waals surface area contributed by atoms with Gasteiger partial charge in [-0.25, -0.2) is 0 Å². The number of fused-ring (bicyclic) bond motifs is 1. The summed E-state index contributed by atoms with van der Waals surface area (Å²) < 4.78 is 5.78. The van der Waals surface area contributed by atoms with Crippen molar-refractivity contribution in [1.29, 1.82) is 0 Å². The molecule has 0 amide bonds. The predicted octanol–water partition coefficient (Wildman–Crippen LogP) is 3.32. The molecule has 1 aliphatic heterocycles. The molecule has 0 aromatic heterocycles. The fourth-order valence-electron chi connectivity index (χ4n) is 1.99. The van der Waals surface area contributed by atoms with Crippen molar-refractivity contribution in [2.24, 2.45) is 0 Å². The number of rotatable bonds is 2. The molecule has 0 aliphatic carbocycles. The van der Waals surface area contributed by atoms with E-state index in [-0.39, 0.29) is 6.10 Å². The van der Waals surface area contributed by atoms with E-state index in [0.29, 0.717) is 11.4 Å². The van der Waals surface area contributed by atoms with Gasteiger partial charge in [0.05, 0.1) is 6.10 Å². The molecule has 2 nitrogen and oxygen atoms in total. The molecule has 1 heterocycles. The van der Waals surface area contributed by atoms with Gasteiger partial charge in [0.15, 0.2) is 0 Å². The van der Waals surface area contributed by atoms with E-state index >= 15 is 0 Å². The molecule has 0 saturated carbocycles. The maximum atomic E-state index is 9.94. The molecule has 0 bridgehead atoms. The second-order valence-corrected chi connectivity index (χ2v) is 4.40. The first-order valence-corrected chi connectivity index (χ1v) is 5.72. The molecule has 1 aromatic rings. The molecule has 2 atom stereocenters. The van der Waals surface area contributed by atoms with Gasteiger partial charge in [-0.1, -0.05) is 24.9 Å². The largest absolute Gasteiger partial charge is 0.490 e. The van der Waals surface area contributed by atoms with Crippen molar-refractivity contribution in [1.82, 2.24) is 0 Å². The topological polar surface area (TPSA) is 29.5 Å². The summed E-state index contributed by atoms with van der Waals surface area (Å²) in [5.74, 6) is 0.775.